The first kappa shape index (κ1) is 27.1. The molecule has 0 fully saturated rings. The number of amides is 2. The lowest BCUT2D eigenvalue weighted by atomic mass is 10.0. The molecule has 1 atom stereocenters. The van der Waals surface area contributed by atoms with Crippen molar-refractivity contribution in [2.75, 3.05) is 10.6 Å². The lowest BCUT2D eigenvalue weighted by Crippen LogP contribution is -2.30. The number of nitrogens with one attached hydrogen (secondary N) is 2. The molecule has 0 aliphatic heterocycles. The zero-order valence-corrected chi connectivity index (χ0v) is 20.8. The van der Waals surface area contributed by atoms with Gasteiger partial charge in [-0.2, -0.15) is 13.2 Å². The molecule has 5 nitrogen and oxygen atoms in total. The Morgan fingerprint density at radius 2 is 1.56 bits per heavy atom. The van der Waals surface area contributed by atoms with Crippen molar-refractivity contribution in [2.24, 2.45) is 0 Å². The van der Waals surface area contributed by atoms with E-state index in [1.807, 2.05) is 32.0 Å². The van der Waals surface area contributed by atoms with Crippen LogP contribution in [0.2, 0.25) is 5.02 Å². The van der Waals surface area contributed by atoms with E-state index in [4.69, 9.17) is 16.3 Å². The Morgan fingerprint density at radius 1 is 0.944 bits per heavy atom. The van der Waals surface area contributed by atoms with E-state index < -0.39 is 23.8 Å². The number of hydrogen-bond donors (Lipinski definition) is 2. The van der Waals surface area contributed by atoms with E-state index in [0.29, 0.717) is 11.3 Å². The van der Waals surface area contributed by atoms with Gasteiger partial charge in [0.2, 0.25) is 0 Å². The van der Waals surface area contributed by atoms with Crippen molar-refractivity contribution in [1.82, 2.24) is 0 Å². The summed E-state index contributed by atoms with van der Waals surface area (Å²) < 4.78 is 44.5. The van der Waals surface area contributed by atoms with Gasteiger partial charge in [-0.1, -0.05) is 43.6 Å². The molecule has 9 heteroatoms. The number of aryl methyl sites for hydroxylation is 2. The number of anilines is 2. The van der Waals surface area contributed by atoms with Crippen LogP contribution in [0, 0.1) is 0 Å². The number of carbonyl (C=O) groups is 2. The van der Waals surface area contributed by atoms with Crippen molar-refractivity contribution >= 4 is 34.8 Å². The standard InChI is InChI=1S/C27H26ClF3N2O3/c1-4-17-7-6-8-18(5-2)24(17)33-26(35)19-9-12-21(13-10-19)36-16(3)25(34)32-23-15-20(27(29,30)31)11-14-22(23)28/h6-16H,4-5H2,1-3H3,(H,32,34)(H,33,35). The number of hydrogen-bond acceptors (Lipinski definition) is 3. The summed E-state index contributed by atoms with van der Waals surface area (Å²) >= 11 is 5.94. The maximum absolute atomic E-state index is 13.0. The number of alkyl halides is 3. The number of halogens is 4. The molecule has 3 aromatic carbocycles. The summed E-state index contributed by atoms with van der Waals surface area (Å²) in [4.78, 5) is 25.3. The van der Waals surface area contributed by atoms with Crippen molar-refractivity contribution in [3.63, 3.8) is 0 Å². The molecule has 2 N–H and O–H groups in total. The molecule has 0 aliphatic rings. The van der Waals surface area contributed by atoms with Crippen LogP contribution in [-0.4, -0.2) is 17.9 Å². The SMILES string of the molecule is CCc1cccc(CC)c1NC(=O)c1ccc(OC(C)C(=O)Nc2cc(C(F)(F)F)ccc2Cl)cc1. The van der Waals surface area contributed by atoms with Crippen LogP contribution in [-0.2, 0) is 23.8 Å². The van der Waals surface area contributed by atoms with Crippen molar-refractivity contribution < 1.29 is 27.5 Å². The van der Waals surface area contributed by atoms with Gasteiger partial charge in [0.05, 0.1) is 16.3 Å². The molecule has 190 valence electrons. The lowest BCUT2D eigenvalue weighted by Gasteiger charge is -2.17. The first-order valence-electron chi connectivity index (χ1n) is 11.4. The second-order valence-electron chi connectivity index (χ2n) is 8.08. The summed E-state index contributed by atoms with van der Waals surface area (Å²) in [5.74, 6) is -0.643. The molecule has 3 rings (SSSR count). The highest BCUT2D eigenvalue weighted by Gasteiger charge is 2.31. The van der Waals surface area contributed by atoms with Gasteiger partial charge < -0.3 is 15.4 Å². The molecule has 1 unspecified atom stereocenters. The summed E-state index contributed by atoms with van der Waals surface area (Å²) in [6.45, 7) is 5.50. The average molecular weight is 519 g/mol. The third-order valence-corrected chi connectivity index (χ3v) is 5.92. The molecular weight excluding hydrogens is 493 g/mol. The highest BCUT2D eigenvalue weighted by Crippen LogP contribution is 2.34. The van der Waals surface area contributed by atoms with E-state index in [9.17, 15) is 22.8 Å². The lowest BCUT2D eigenvalue weighted by molar-refractivity contribution is -0.137. The minimum absolute atomic E-state index is 0.0326. The Hall–Kier alpha value is -3.52. The zero-order valence-electron chi connectivity index (χ0n) is 20.0. The molecule has 36 heavy (non-hydrogen) atoms. The number of carbonyl (C=O) groups excluding carboxylic acids is 2. The number of benzene rings is 3. The van der Waals surface area contributed by atoms with Crippen LogP contribution in [0.5, 0.6) is 5.75 Å². The van der Waals surface area contributed by atoms with Crippen molar-refractivity contribution in [3.8, 4) is 5.75 Å². The van der Waals surface area contributed by atoms with Crippen LogP contribution in [0.3, 0.4) is 0 Å². The minimum Gasteiger partial charge on any atom is -0.481 e. The van der Waals surface area contributed by atoms with E-state index >= 15 is 0 Å². The normalized spacial score (nSPS) is 12.1. The third-order valence-electron chi connectivity index (χ3n) is 5.59. The van der Waals surface area contributed by atoms with Crippen LogP contribution < -0.4 is 15.4 Å². The molecule has 0 saturated heterocycles. The van der Waals surface area contributed by atoms with E-state index in [0.717, 1.165) is 47.9 Å². The molecule has 0 heterocycles. The average Bonchev–Trinajstić information content (AvgIpc) is 2.85. The molecule has 0 radical (unpaired) electrons. The largest absolute Gasteiger partial charge is 0.481 e. The maximum Gasteiger partial charge on any atom is 0.416 e. The van der Waals surface area contributed by atoms with Crippen LogP contribution in [0.1, 0.15) is 47.8 Å². The van der Waals surface area contributed by atoms with Gasteiger partial charge in [-0.15, -0.1) is 0 Å². The van der Waals surface area contributed by atoms with Crippen molar-refractivity contribution in [3.05, 3.63) is 87.9 Å². The Balaban J connectivity index is 1.66. The van der Waals surface area contributed by atoms with Gasteiger partial charge in [0.1, 0.15) is 5.75 Å². The van der Waals surface area contributed by atoms with Gasteiger partial charge >= 0.3 is 6.18 Å². The van der Waals surface area contributed by atoms with E-state index in [-0.39, 0.29) is 16.6 Å². The highest BCUT2D eigenvalue weighted by atomic mass is 35.5. The summed E-state index contributed by atoms with van der Waals surface area (Å²) in [6, 6.07) is 14.8. The predicted molar refractivity (Wildman–Crippen MR) is 135 cm³/mol. The van der Waals surface area contributed by atoms with Crippen LogP contribution >= 0.6 is 11.6 Å². The second-order valence-corrected chi connectivity index (χ2v) is 8.49. The topological polar surface area (TPSA) is 67.4 Å². The van der Waals surface area contributed by atoms with Crippen molar-refractivity contribution in [2.45, 2.75) is 45.9 Å². The fourth-order valence-electron chi connectivity index (χ4n) is 3.56. The van der Waals surface area contributed by atoms with Gasteiger partial charge in [-0.05, 0) is 73.4 Å². The maximum atomic E-state index is 13.0. The first-order valence-corrected chi connectivity index (χ1v) is 11.8. The molecule has 0 bridgehead atoms. The van der Waals surface area contributed by atoms with Crippen LogP contribution in [0.4, 0.5) is 24.5 Å². The highest BCUT2D eigenvalue weighted by molar-refractivity contribution is 6.33. The van der Waals surface area contributed by atoms with Crippen LogP contribution in [0.25, 0.3) is 0 Å². The quantitative estimate of drug-likeness (QED) is 0.333. The summed E-state index contributed by atoms with van der Waals surface area (Å²) in [5.41, 5.74) is 2.20. The molecule has 3 aromatic rings. The van der Waals surface area contributed by atoms with E-state index in [1.54, 1.807) is 24.3 Å². The second kappa shape index (κ2) is 11.5. The van der Waals surface area contributed by atoms with Crippen molar-refractivity contribution in [1.29, 1.82) is 0 Å². The third kappa shape index (κ3) is 6.57. The predicted octanol–water partition coefficient (Wildman–Crippen LogP) is 7.14. The fourth-order valence-corrected chi connectivity index (χ4v) is 3.73. The summed E-state index contributed by atoms with van der Waals surface area (Å²) in [5, 5.41) is 5.32. The Kier molecular flexibility index (Phi) is 8.63. The molecule has 0 aromatic heterocycles. The number of para-hydroxylation sites is 1. The van der Waals surface area contributed by atoms with E-state index in [1.165, 1.54) is 6.92 Å². The fraction of sp³-hybridized carbons (Fsp3) is 0.259. The van der Waals surface area contributed by atoms with Crippen LogP contribution in [0.15, 0.2) is 60.7 Å². The minimum atomic E-state index is -4.57. The number of ether oxygens (including phenoxy) is 1. The Morgan fingerprint density at radius 3 is 2.11 bits per heavy atom. The molecule has 2 amide bonds. The molecule has 0 spiro atoms. The van der Waals surface area contributed by atoms with Gasteiger partial charge in [0.25, 0.3) is 11.8 Å². The van der Waals surface area contributed by atoms with Gasteiger partial charge in [0, 0.05) is 11.3 Å². The molecule has 0 aliphatic carbocycles. The van der Waals surface area contributed by atoms with Gasteiger partial charge in [-0.25, -0.2) is 0 Å². The zero-order chi connectivity index (χ0) is 26.5. The Bertz CT molecular complexity index is 1220. The molecule has 0 saturated carbocycles. The monoisotopic (exact) mass is 518 g/mol. The smallest absolute Gasteiger partial charge is 0.416 e. The number of rotatable bonds is 8. The summed E-state index contributed by atoms with van der Waals surface area (Å²) in [7, 11) is 0. The van der Waals surface area contributed by atoms with Gasteiger partial charge in [-0.3, -0.25) is 9.59 Å². The van der Waals surface area contributed by atoms with Gasteiger partial charge in [0.15, 0.2) is 6.10 Å². The van der Waals surface area contributed by atoms with E-state index in [2.05, 4.69) is 10.6 Å². The molecular formula is C27H26ClF3N2O3. The Labute approximate surface area is 212 Å². The summed E-state index contributed by atoms with van der Waals surface area (Å²) in [6.07, 6.45) is -4.06. The first-order chi connectivity index (χ1) is 17.0.